The molecule has 2 aromatic heterocycles. The number of pyridine rings is 1. The van der Waals surface area contributed by atoms with Gasteiger partial charge in [0.15, 0.2) is 0 Å². The van der Waals surface area contributed by atoms with E-state index in [1.165, 1.54) is 6.07 Å². The van der Waals surface area contributed by atoms with E-state index in [0.717, 1.165) is 18.0 Å². The number of imidazole rings is 1. The molecule has 3 rings (SSSR count). The molecule has 0 unspecified atom stereocenters. The number of fused-ring (bicyclic) bond motifs is 1. The van der Waals surface area contributed by atoms with Gasteiger partial charge in [-0.25, -0.2) is 17.8 Å². The van der Waals surface area contributed by atoms with E-state index in [0.29, 0.717) is 22.6 Å². The highest BCUT2D eigenvalue weighted by atomic mass is 32.2. The maximum absolute atomic E-state index is 13.5. The Morgan fingerprint density at radius 1 is 1.21 bits per heavy atom. The summed E-state index contributed by atoms with van der Waals surface area (Å²) in [5.74, 6) is 0.151. The van der Waals surface area contributed by atoms with Crippen molar-refractivity contribution < 1.29 is 12.8 Å². The third-order valence-electron chi connectivity index (χ3n) is 3.47. The highest BCUT2D eigenvalue weighted by Gasteiger charge is 2.16. The van der Waals surface area contributed by atoms with E-state index >= 15 is 0 Å². The molecule has 0 radical (unpaired) electrons. The van der Waals surface area contributed by atoms with E-state index in [4.69, 9.17) is 0 Å². The van der Waals surface area contributed by atoms with E-state index in [1.807, 2.05) is 18.4 Å². The summed E-state index contributed by atoms with van der Waals surface area (Å²) in [6.45, 7) is 4.00. The number of rotatable bonds is 4. The van der Waals surface area contributed by atoms with Gasteiger partial charge in [-0.1, -0.05) is 0 Å². The first-order valence-electron chi connectivity index (χ1n) is 7.35. The number of sulfonamides is 1. The molecule has 6 nitrogen and oxygen atoms in total. The van der Waals surface area contributed by atoms with E-state index in [-0.39, 0.29) is 6.04 Å². The largest absolute Gasteiger partial charge is 0.321 e. The van der Waals surface area contributed by atoms with Gasteiger partial charge >= 0.3 is 0 Å². The van der Waals surface area contributed by atoms with Crippen molar-refractivity contribution in [2.45, 2.75) is 19.9 Å². The zero-order chi connectivity index (χ0) is 17.5. The molecule has 0 saturated heterocycles. The number of nitrogens with one attached hydrogen (secondary N) is 1. The van der Waals surface area contributed by atoms with Crippen LogP contribution in [0.3, 0.4) is 0 Å². The Kier molecular flexibility index (Phi) is 4.00. The van der Waals surface area contributed by atoms with E-state index in [2.05, 4.69) is 14.7 Å². The molecule has 1 aromatic carbocycles. The number of hydrogen-bond acceptors (Lipinski definition) is 4. The number of hydrogen-bond donors (Lipinski definition) is 1. The fraction of sp³-hybridized carbons (Fsp3) is 0.250. The van der Waals surface area contributed by atoms with Gasteiger partial charge in [0.2, 0.25) is 10.0 Å². The molecule has 0 aliphatic heterocycles. The Morgan fingerprint density at radius 2 is 1.96 bits per heavy atom. The third-order valence-corrected chi connectivity index (χ3v) is 4.08. The molecule has 3 aromatic rings. The second kappa shape index (κ2) is 5.86. The molecule has 0 aliphatic carbocycles. The summed E-state index contributed by atoms with van der Waals surface area (Å²) in [6, 6.07) is 6.60. The van der Waals surface area contributed by atoms with Gasteiger partial charge in [0.25, 0.3) is 0 Å². The molecule has 8 heteroatoms. The summed E-state index contributed by atoms with van der Waals surface area (Å²) in [6.07, 6.45) is 3.78. The predicted octanol–water partition coefficient (Wildman–Crippen LogP) is 3.19. The average Bonchev–Trinajstić information content (AvgIpc) is 2.84. The monoisotopic (exact) mass is 348 g/mol. The summed E-state index contributed by atoms with van der Waals surface area (Å²) in [7, 11) is -3.37. The topological polar surface area (TPSA) is 76.9 Å². The first-order chi connectivity index (χ1) is 11.2. The van der Waals surface area contributed by atoms with Crippen LogP contribution in [0.2, 0.25) is 0 Å². The summed E-state index contributed by atoms with van der Waals surface area (Å²) >= 11 is 0. The molecule has 2 heterocycles. The van der Waals surface area contributed by atoms with E-state index < -0.39 is 15.8 Å². The maximum Gasteiger partial charge on any atom is 0.229 e. The van der Waals surface area contributed by atoms with Crippen LogP contribution in [0.5, 0.6) is 0 Å². The van der Waals surface area contributed by atoms with Gasteiger partial charge in [0.05, 0.1) is 29.2 Å². The summed E-state index contributed by atoms with van der Waals surface area (Å²) < 4.78 is 40.7. The van der Waals surface area contributed by atoms with E-state index in [1.54, 1.807) is 24.4 Å². The molecule has 0 atom stereocenters. The SMILES string of the molecule is CC(C)n1c(-c2cncc(F)c2)nc2cc(NS(C)(=O)=O)ccc21. The van der Waals surface area contributed by atoms with Crippen LogP contribution in [0.25, 0.3) is 22.4 Å². The molecule has 0 saturated carbocycles. The van der Waals surface area contributed by atoms with Gasteiger partial charge < -0.3 is 4.57 Å². The summed E-state index contributed by atoms with van der Waals surface area (Å²) in [5.41, 5.74) is 2.46. The van der Waals surface area contributed by atoms with Gasteiger partial charge in [0, 0.05) is 17.8 Å². The molecule has 1 N–H and O–H groups in total. The van der Waals surface area contributed by atoms with Crippen molar-refractivity contribution in [1.82, 2.24) is 14.5 Å². The zero-order valence-corrected chi connectivity index (χ0v) is 14.3. The second-order valence-electron chi connectivity index (χ2n) is 5.87. The van der Waals surface area contributed by atoms with Crippen molar-refractivity contribution in [3.05, 3.63) is 42.5 Å². The minimum atomic E-state index is -3.37. The van der Waals surface area contributed by atoms with Crippen LogP contribution in [0.15, 0.2) is 36.7 Å². The lowest BCUT2D eigenvalue weighted by Crippen LogP contribution is -2.09. The maximum atomic E-state index is 13.5. The number of halogens is 1. The Bertz CT molecular complexity index is 1010. The Hall–Kier alpha value is -2.48. The quantitative estimate of drug-likeness (QED) is 0.785. The van der Waals surface area contributed by atoms with Crippen LogP contribution >= 0.6 is 0 Å². The molecule has 0 fully saturated rings. The van der Waals surface area contributed by atoms with Gasteiger partial charge in [-0.15, -0.1) is 0 Å². The highest BCUT2D eigenvalue weighted by molar-refractivity contribution is 7.92. The fourth-order valence-corrected chi connectivity index (χ4v) is 3.19. The van der Waals surface area contributed by atoms with Crippen molar-refractivity contribution in [2.24, 2.45) is 0 Å². The molecular weight excluding hydrogens is 331 g/mol. The standard InChI is InChI=1S/C16H17FN4O2S/c1-10(2)21-15-5-4-13(20-24(3,22)23)7-14(15)19-16(21)11-6-12(17)9-18-8-11/h4-10,20H,1-3H3. The summed E-state index contributed by atoms with van der Waals surface area (Å²) in [5, 5.41) is 0. The van der Waals surface area contributed by atoms with Crippen LogP contribution in [-0.2, 0) is 10.0 Å². The van der Waals surface area contributed by atoms with Crippen molar-refractivity contribution >= 4 is 26.7 Å². The molecule has 0 bridgehead atoms. The van der Waals surface area contributed by atoms with Crippen LogP contribution in [-0.4, -0.2) is 29.2 Å². The first kappa shape index (κ1) is 16.4. The molecule has 24 heavy (non-hydrogen) atoms. The molecule has 0 aliphatic rings. The number of nitrogens with zero attached hydrogens (tertiary/aromatic N) is 3. The van der Waals surface area contributed by atoms with Crippen molar-refractivity contribution in [3.8, 4) is 11.4 Å². The van der Waals surface area contributed by atoms with Crippen LogP contribution in [0.1, 0.15) is 19.9 Å². The smallest absolute Gasteiger partial charge is 0.229 e. The second-order valence-corrected chi connectivity index (χ2v) is 7.62. The zero-order valence-electron chi connectivity index (χ0n) is 13.5. The lowest BCUT2D eigenvalue weighted by atomic mass is 10.2. The highest BCUT2D eigenvalue weighted by Crippen LogP contribution is 2.30. The van der Waals surface area contributed by atoms with Crippen LogP contribution in [0, 0.1) is 5.82 Å². The first-order valence-corrected chi connectivity index (χ1v) is 9.24. The lowest BCUT2D eigenvalue weighted by Gasteiger charge is -2.13. The lowest BCUT2D eigenvalue weighted by molar-refractivity contribution is 0.607. The Morgan fingerprint density at radius 3 is 2.58 bits per heavy atom. The van der Waals surface area contributed by atoms with Crippen molar-refractivity contribution in [2.75, 3.05) is 11.0 Å². The van der Waals surface area contributed by atoms with Gasteiger partial charge in [-0.05, 0) is 38.1 Å². The van der Waals surface area contributed by atoms with Crippen LogP contribution in [0.4, 0.5) is 10.1 Å². The van der Waals surface area contributed by atoms with Gasteiger partial charge in [-0.2, -0.15) is 0 Å². The Labute approximate surface area is 139 Å². The van der Waals surface area contributed by atoms with E-state index in [9.17, 15) is 12.8 Å². The molecular formula is C16H17FN4O2S. The van der Waals surface area contributed by atoms with Crippen molar-refractivity contribution in [3.63, 3.8) is 0 Å². The van der Waals surface area contributed by atoms with Crippen LogP contribution < -0.4 is 4.72 Å². The third kappa shape index (κ3) is 3.23. The molecule has 0 amide bonds. The van der Waals surface area contributed by atoms with Gasteiger partial charge in [-0.3, -0.25) is 9.71 Å². The number of aromatic nitrogens is 3. The minimum absolute atomic E-state index is 0.0852. The average molecular weight is 348 g/mol. The molecule has 126 valence electrons. The van der Waals surface area contributed by atoms with Crippen molar-refractivity contribution in [1.29, 1.82) is 0 Å². The minimum Gasteiger partial charge on any atom is -0.321 e. The summed E-state index contributed by atoms with van der Waals surface area (Å²) in [4.78, 5) is 8.43. The predicted molar refractivity (Wildman–Crippen MR) is 91.8 cm³/mol. The Balaban J connectivity index is 2.20. The molecule has 0 spiro atoms. The number of benzene rings is 1. The number of anilines is 1. The van der Waals surface area contributed by atoms with Gasteiger partial charge in [0.1, 0.15) is 11.6 Å². The fourth-order valence-electron chi connectivity index (χ4n) is 2.64. The normalized spacial score (nSPS) is 12.0.